The summed E-state index contributed by atoms with van der Waals surface area (Å²) in [4.78, 5) is 0. The predicted molar refractivity (Wildman–Crippen MR) is 51.5 cm³/mol. The summed E-state index contributed by atoms with van der Waals surface area (Å²) < 4.78 is 0. The van der Waals surface area contributed by atoms with E-state index < -0.39 is 0 Å². The first-order valence-corrected chi connectivity index (χ1v) is 3.99. The van der Waals surface area contributed by atoms with Gasteiger partial charge in [0.05, 0.1) is 0 Å². The zero-order chi connectivity index (χ0) is 9.40. The van der Waals surface area contributed by atoms with Crippen molar-refractivity contribution in [2.75, 3.05) is 0 Å². The molecule has 1 rings (SSSR count). The number of benzene rings is 1. The fourth-order valence-electron chi connectivity index (χ4n) is 0.527. The standard InChI is InChI=1S/C7H7O.C4H9.Zn/c8-6-7-4-2-1-3-5-7;1-4(2)3;/h2-5,8H,6H2;1-3H3;/q2*-1;+2. The van der Waals surface area contributed by atoms with Gasteiger partial charge < -0.3 is 11.0 Å². The van der Waals surface area contributed by atoms with Crippen molar-refractivity contribution in [2.45, 2.75) is 27.4 Å². The monoisotopic (exact) mass is 228 g/mol. The summed E-state index contributed by atoms with van der Waals surface area (Å²) in [6.45, 7) is 6.37. The van der Waals surface area contributed by atoms with E-state index in [0.717, 1.165) is 5.56 Å². The molecule has 13 heavy (non-hydrogen) atoms. The summed E-state index contributed by atoms with van der Waals surface area (Å²) in [6, 6.07) is 10.1. The molecule has 1 nitrogen and oxygen atoms in total. The van der Waals surface area contributed by atoms with Gasteiger partial charge in [0.2, 0.25) is 0 Å². The Morgan fingerprint density at radius 3 is 1.85 bits per heavy atom. The van der Waals surface area contributed by atoms with Crippen LogP contribution < -0.4 is 0 Å². The molecule has 0 saturated carbocycles. The van der Waals surface area contributed by atoms with E-state index in [1.54, 1.807) is 12.1 Å². The molecule has 0 saturated heterocycles. The maximum atomic E-state index is 8.52. The maximum Gasteiger partial charge on any atom is 2.00 e. The summed E-state index contributed by atoms with van der Waals surface area (Å²) in [5.74, 6) is 1.42. The summed E-state index contributed by atoms with van der Waals surface area (Å²) in [5, 5.41) is 8.52. The van der Waals surface area contributed by atoms with E-state index in [4.69, 9.17) is 5.11 Å². The first kappa shape index (κ1) is 15.3. The van der Waals surface area contributed by atoms with Crippen molar-refractivity contribution < 1.29 is 24.6 Å². The molecule has 1 N–H and O–H groups in total. The third kappa shape index (κ3) is 11.8. The summed E-state index contributed by atoms with van der Waals surface area (Å²) in [7, 11) is 0. The smallest absolute Gasteiger partial charge is 0.394 e. The average molecular weight is 230 g/mol. The minimum absolute atomic E-state index is 0. The summed E-state index contributed by atoms with van der Waals surface area (Å²) in [5.41, 5.74) is 0.934. The van der Waals surface area contributed by atoms with E-state index in [-0.39, 0.29) is 26.1 Å². The van der Waals surface area contributed by atoms with Crippen molar-refractivity contribution >= 4 is 0 Å². The van der Waals surface area contributed by atoms with Crippen LogP contribution >= 0.6 is 0 Å². The van der Waals surface area contributed by atoms with E-state index in [0.29, 0.717) is 0 Å². The van der Waals surface area contributed by atoms with E-state index in [9.17, 15) is 0 Å². The molecule has 0 atom stereocenters. The van der Waals surface area contributed by atoms with Crippen LogP contribution in [0.3, 0.4) is 0 Å². The third-order valence-corrected chi connectivity index (χ3v) is 0.970. The van der Waals surface area contributed by atoms with Gasteiger partial charge in [0, 0.05) is 6.61 Å². The Bertz CT molecular complexity index is 182. The maximum absolute atomic E-state index is 8.52. The molecule has 0 aliphatic carbocycles. The Labute approximate surface area is 93.9 Å². The van der Waals surface area contributed by atoms with Crippen molar-refractivity contribution in [3.8, 4) is 0 Å². The third-order valence-electron chi connectivity index (χ3n) is 0.970. The molecular formula is C11H16OZn. The predicted octanol–water partition coefficient (Wildman–Crippen LogP) is 2.60. The van der Waals surface area contributed by atoms with Gasteiger partial charge in [-0.25, -0.2) is 0 Å². The molecule has 0 unspecified atom stereocenters. The zero-order valence-corrected chi connectivity index (χ0v) is 11.6. The van der Waals surface area contributed by atoms with E-state index in [1.165, 1.54) is 5.92 Å². The molecular weight excluding hydrogens is 214 g/mol. The molecule has 0 aromatic heterocycles. The minimum Gasteiger partial charge on any atom is -0.394 e. The van der Waals surface area contributed by atoms with Crippen LogP contribution in [0.15, 0.2) is 24.3 Å². The molecule has 2 heteroatoms. The van der Waals surface area contributed by atoms with Gasteiger partial charge in [0.25, 0.3) is 0 Å². The molecule has 0 fully saturated rings. The average Bonchev–Trinajstić information content (AvgIpc) is 2.05. The fraction of sp³-hybridized carbons (Fsp3) is 0.364. The van der Waals surface area contributed by atoms with E-state index >= 15 is 0 Å². The molecule has 68 valence electrons. The van der Waals surface area contributed by atoms with Crippen LogP contribution in [0, 0.1) is 12.0 Å². The molecule has 0 heterocycles. The second-order valence-electron chi connectivity index (χ2n) is 3.07. The van der Waals surface area contributed by atoms with Crippen molar-refractivity contribution in [3.05, 3.63) is 41.8 Å². The zero-order valence-electron chi connectivity index (χ0n) is 8.67. The second kappa shape index (κ2) is 9.89. The molecule has 0 radical (unpaired) electrons. The van der Waals surface area contributed by atoms with Gasteiger partial charge in [-0.2, -0.15) is 51.1 Å². The number of aliphatic hydroxyl groups excluding tert-OH is 1. The fourth-order valence-corrected chi connectivity index (χ4v) is 0.527. The SMILES string of the molecule is C[C-](C)C.OCc1cc[c-]cc1.[Zn+2]. The molecule has 0 aliphatic rings. The van der Waals surface area contributed by atoms with Gasteiger partial charge >= 0.3 is 19.5 Å². The van der Waals surface area contributed by atoms with Crippen LogP contribution in [0.2, 0.25) is 0 Å². The van der Waals surface area contributed by atoms with Crippen LogP contribution in [0.4, 0.5) is 0 Å². The normalized spacial score (nSPS) is 8.38. The van der Waals surface area contributed by atoms with Crippen LogP contribution in [0.5, 0.6) is 0 Å². The molecule has 0 bridgehead atoms. The van der Waals surface area contributed by atoms with Gasteiger partial charge in [-0.05, 0) is 0 Å². The Kier molecular flexibility index (Phi) is 11.6. The van der Waals surface area contributed by atoms with E-state index in [2.05, 4.69) is 26.8 Å². The van der Waals surface area contributed by atoms with Gasteiger partial charge in [-0.1, -0.05) is 0 Å². The van der Waals surface area contributed by atoms with Crippen molar-refractivity contribution in [3.63, 3.8) is 0 Å². The topological polar surface area (TPSA) is 20.2 Å². The first-order valence-electron chi connectivity index (χ1n) is 3.99. The minimum atomic E-state index is 0. The first-order chi connectivity index (χ1) is 5.66. The van der Waals surface area contributed by atoms with Crippen LogP contribution in [-0.2, 0) is 26.1 Å². The molecule has 0 spiro atoms. The number of aliphatic hydroxyl groups is 1. The van der Waals surface area contributed by atoms with Gasteiger partial charge in [-0.3, -0.25) is 0 Å². The Balaban J connectivity index is 0. The van der Waals surface area contributed by atoms with Gasteiger partial charge in [-0.15, -0.1) is 5.56 Å². The van der Waals surface area contributed by atoms with Crippen molar-refractivity contribution in [1.82, 2.24) is 0 Å². The largest absolute Gasteiger partial charge is 2.00 e. The molecule has 0 aliphatic heterocycles. The summed E-state index contributed by atoms with van der Waals surface area (Å²) >= 11 is 0. The number of hydrogen-bond donors (Lipinski definition) is 1. The number of hydrogen-bond acceptors (Lipinski definition) is 1. The van der Waals surface area contributed by atoms with E-state index in [1.807, 2.05) is 12.1 Å². The van der Waals surface area contributed by atoms with Crippen LogP contribution in [0.25, 0.3) is 0 Å². The second-order valence-corrected chi connectivity index (χ2v) is 3.07. The van der Waals surface area contributed by atoms with Crippen molar-refractivity contribution in [1.29, 1.82) is 0 Å². The molecule has 0 amide bonds. The van der Waals surface area contributed by atoms with Crippen LogP contribution in [-0.4, -0.2) is 5.11 Å². The summed E-state index contributed by atoms with van der Waals surface area (Å²) in [6.07, 6.45) is 0. The van der Waals surface area contributed by atoms with Gasteiger partial charge in [0.15, 0.2) is 0 Å². The number of rotatable bonds is 1. The Morgan fingerprint density at radius 1 is 1.23 bits per heavy atom. The van der Waals surface area contributed by atoms with Crippen LogP contribution in [0.1, 0.15) is 26.3 Å². The van der Waals surface area contributed by atoms with Gasteiger partial charge in [0.1, 0.15) is 0 Å². The molecule has 1 aromatic rings. The van der Waals surface area contributed by atoms with Crippen molar-refractivity contribution in [2.24, 2.45) is 0 Å². The Morgan fingerprint density at radius 2 is 1.62 bits per heavy atom. The quantitative estimate of drug-likeness (QED) is 0.580. The Hall–Kier alpha value is -0.197. The molecule has 1 aromatic carbocycles.